The van der Waals surface area contributed by atoms with E-state index in [2.05, 4.69) is 42.8 Å². The lowest BCUT2D eigenvalue weighted by molar-refractivity contribution is 0.444. The Hall–Kier alpha value is -1.27. The topological polar surface area (TPSA) is 40.8 Å². The second kappa shape index (κ2) is 5.37. The lowest BCUT2D eigenvalue weighted by atomic mass is 9.96. The summed E-state index contributed by atoms with van der Waals surface area (Å²) in [5.74, 6) is 0. The molecule has 1 heterocycles. The van der Waals surface area contributed by atoms with E-state index in [4.69, 9.17) is 5.26 Å². The Morgan fingerprint density at radius 2 is 2.06 bits per heavy atom. The van der Waals surface area contributed by atoms with Crippen molar-refractivity contribution in [3.8, 4) is 6.07 Å². The zero-order chi connectivity index (χ0) is 13.1. The second-order valence-electron chi connectivity index (χ2n) is 5.24. The van der Waals surface area contributed by atoms with Crippen molar-refractivity contribution in [2.75, 3.05) is 6.54 Å². The third kappa shape index (κ3) is 3.34. The van der Waals surface area contributed by atoms with Crippen molar-refractivity contribution in [3.63, 3.8) is 0 Å². The summed E-state index contributed by atoms with van der Waals surface area (Å²) in [5.41, 5.74) is 3.67. The first-order valence-electron chi connectivity index (χ1n) is 6.19. The highest BCUT2D eigenvalue weighted by Crippen LogP contribution is 2.16. The molecule has 1 aromatic rings. The molecule has 94 valence electrons. The molecule has 0 fully saturated rings. The minimum atomic E-state index is -0.295. The van der Waals surface area contributed by atoms with E-state index in [0.29, 0.717) is 0 Å². The van der Waals surface area contributed by atoms with E-state index < -0.39 is 0 Å². The third-order valence-corrected chi connectivity index (χ3v) is 3.18. The zero-order valence-corrected chi connectivity index (χ0v) is 11.6. The van der Waals surface area contributed by atoms with Crippen LogP contribution < -0.4 is 5.32 Å². The summed E-state index contributed by atoms with van der Waals surface area (Å²) in [5, 5.41) is 12.3. The summed E-state index contributed by atoms with van der Waals surface area (Å²) in [4.78, 5) is 0. The number of aromatic nitrogens is 1. The maximum Gasteiger partial charge on any atom is 0.0697 e. The van der Waals surface area contributed by atoms with Crippen LogP contribution in [0, 0.1) is 30.6 Å². The largest absolute Gasteiger partial charge is 0.349 e. The molecule has 0 atom stereocenters. The number of nitriles is 1. The fraction of sp³-hybridized carbons (Fsp3) is 0.643. The molecule has 1 rings (SSSR count). The van der Waals surface area contributed by atoms with Crippen molar-refractivity contribution < 1.29 is 0 Å². The molecule has 3 heteroatoms. The number of rotatable bonds is 5. The molecule has 0 aliphatic rings. The van der Waals surface area contributed by atoms with Gasteiger partial charge in [0.05, 0.1) is 11.5 Å². The summed E-state index contributed by atoms with van der Waals surface area (Å²) < 4.78 is 2.31. The first-order valence-corrected chi connectivity index (χ1v) is 6.19. The molecule has 0 amide bonds. The molecule has 0 saturated heterocycles. The van der Waals surface area contributed by atoms with Crippen LogP contribution >= 0.6 is 0 Å². The SMILES string of the molecule is CCn1c(C)cc(CNCC(C)(C)C#N)c1C. The third-order valence-electron chi connectivity index (χ3n) is 3.18. The Kier molecular flexibility index (Phi) is 4.36. The van der Waals surface area contributed by atoms with E-state index in [1.807, 2.05) is 13.8 Å². The van der Waals surface area contributed by atoms with Gasteiger partial charge < -0.3 is 9.88 Å². The van der Waals surface area contributed by atoms with Gasteiger partial charge in [0, 0.05) is 31.0 Å². The number of nitrogens with zero attached hydrogens (tertiary/aromatic N) is 2. The highest BCUT2D eigenvalue weighted by Gasteiger charge is 2.16. The average Bonchev–Trinajstić information content (AvgIpc) is 2.54. The first kappa shape index (κ1) is 13.8. The maximum absolute atomic E-state index is 8.94. The molecule has 0 radical (unpaired) electrons. The fourth-order valence-corrected chi connectivity index (χ4v) is 2.09. The number of hydrogen-bond donors (Lipinski definition) is 1. The monoisotopic (exact) mass is 233 g/mol. The Morgan fingerprint density at radius 1 is 1.41 bits per heavy atom. The summed E-state index contributed by atoms with van der Waals surface area (Å²) >= 11 is 0. The first-order chi connectivity index (χ1) is 7.91. The minimum Gasteiger partial charge on any atom is -0.349 e. The predicted molar refractivity (Wildman–Crippen MR) is 70.7 cm³/mol. The standard InChI is InChI=1S/C14H23N3/c1-6-17-11(2)7-13(12(17)3)8-16-10-14(4,5)9-15/h7,16H,6,8,10H2,1-5H3. The van der Waals surface area contributed by atoms with Gasteiger partial charge >= 0.3 is 0 Å². The minimum absolute atomic E-state index is 0.295. The van der Waals surface area contributed by atoms with Crippen LogP contribution in [0.15, 0.2) is 6.07 Å². The summed E-state index contributed by atoms with van der Waals surface area (Å²) in [6.07, 6.45) is 0. The van der Waals surface area contributed by atoms with Crippen LogP contribution in [0.1, 0.15) is 37.7 Å². The molecule has 0 aliphatic carbocycles. The van der Waals surface area contributed by atoms with Gasteiger partial charge in [-0.1, -0.05) is 0 Å². The van der Waals surface area contributed by atoms with Gasteiger partial charge in [-0.25, -0.2) is 0 Å². The Balaban J connectivity index is 2.62. The molecule has 1 N–H and O–H groups in total. The zero-order valence-electron chi connectivity index (χ0n) is 11.6. The fourth-order valence-electron chi connectivity index (χ4n) is 2.09. The normalized spacial score (nSPS) is 11.5. The molecule has 3 nitrogen and oxygen atoms in total. The Labute approximate surface area is 104 Å². The van der Waals surface area contributed by atoms with Crippen LogP contribution in [0.3, 0.4) is 0 Å². The quantitative estimate of drug-likeness (QED) is 0.849. The van der Waals surface area contributed by atoms with Crippen LogP contribution in [-0.4, -0.2) is 11.1 Å². The molecule has 0 bridgehead atoms. The van der Waals surface area contributed by atoms with Crippen LogP contribution in [0.2, 0.25) is 0 Å². The van der Waals surface area contributed by atoms with E-state index in [0.717, 1.165) is 19.6 Å². The Morgan fingerprint density at radius 3 is 2.53 bits per heavy atom. The van der Waals surface area contributed by atoms with Gasteiger partial charge in [-0.15, -0.1) is 0 Å². The number of aryl methyl sites for hydroxylation is 1. The average molecular weight is 233 g/mol. The molecular formula is C14H23N3. The van der Waals surface area contributed by atoms with E-state index in [1.54, 1.807) is 0 Å². The van der Waals surface area contributed by atoms with Crippen molar-refractivity contribution in [3.05, 3.63) is 23.0 Å². The maximum atomic E-state index is 8.94. The molecular weight excluding hydrogens is 210 g/mol. The van der Waals surface area contributed by atoms with Gasteiger partial charge in [-0.2, -0.15) is 5.26 Å². The van der Waals surface area contributed by atoms with Gasteiger partial charge in [0.25, 0.3) is 0 Å². The van der Waals surface area contributed by atoms with Crippen LogP contribution in [-0.2, 0) is 13.1 Å². The predicted octanol–water partition coefficient (Wildman–Crippen LogP) is 2.76. The number of nitrogens with one attached hydrogen (secondary N) is 1. The van der Waals surface area contributed by atoms with E-state index >= 15 is 0 Å². The van der Waals surface area contributed by atoms with E-state index in [1.165, 1.54) is 17.0 Å². The summed E-state index contributed by atoms with van der Waals surface area (Å²) in [6.45, 7) is 12.9. The van der Waals surface area contributed by atoms with Gasteiger partial charge in [0.2, 0.25) is 0 Å². The van der Waals surface area contributed by atoms with Crippen molar-refractivity contribution >= 4 is 0 Å². The molecule has 0 aromatic carbocycles. The van der Waals surface area contributed by atoms with Crippen LogP contribution in [0.4, 0.5) is 0 Å². The molecule has 0 saturated carbocycles. The molecule has 0 unspecified atom stereocenters. The van der Waals surface area contributed by atoms with Gasteiger partial charge in [-0.05, 0) is 46.2 Å². The summed E-state index contributed by atoms with van der Waals surface area (Å²) in [6, 6.07) is 4.53. The van der Waals surface area contributed by atoms with Crippen LogP contribution in [0.25, 0.3) is 0 Å². The molecule has 1 aromatic heterocycles. The molecule has 0 aliphatic heterocycles. The number of hydrogen-bond acceptors (Lipinski definition) is 2. The highest BCUT2D eigenvalue weighted by molar-refractivity contribution is 5.26. The van der Waals surface area contributed by atoms with E-state index in [9.17, 15) is 0 Å². The smallest absolute Gasteiger partial charge is 0.0697 e. The van der Waals surface area contributed by atoms with Gasteiger partial charge in [0.1, 0.15) is 0 Å². The van der Waals surface area contributed by atoms with Crippen molar-refractivity contribution in [1.82, 2.24) is 9.88 Å². The highest BCUT2D eigenvalue weighted by atomic mass is 15.0. The van der Waals surface area contributed by atoms with Crippen molar-refractivity contribution in [1.29, 1.82) is 5.26 Å². The van der Waals surface area contributed by atoms with Gasteiger partial charge in [-0.3, -0.25) is 0 Å². The summed E-state index contributed by atoms with van der Waals surface area (Å²) in [7, 11) is 0. The second-order valence-corrected chi connectivity index (χ2v) is 5.24. The molecule has 17 heavy (non-hydrogen) atoms. The van der Waals surface area contributed by atoms with Gasteiger partial charge in [0.15, 0.2) is 0 Å². The van der Waals surface area contributed by atoms with Crippen molar-refractivity contribution in [2.24, 2.45) is 5.41 Å². The van der Waals surface area contributed by atoms with Crippen molar-refractivity contribution in [2.45, 2.75) is 47.7 Å². The Bertz CT molecular complexity index is 421. The lowest BCUT2D eigenvalue weighted by Crippen LogP contribution is -2.27. The van der Waals surface area contributed by atoms with E-state index in [-0.39, 0.29) is 5.41 Å². The lowest BCUT2D eigenvalue weighted by Gasteiger charge is -2.15. The molecule has 0 spiro atoms. The van der Waals surface area contributed by atoms with Crippen LogP contribution in [0.5, 0.6) is 0 Å².